The fraction of sp³-hybridized carbons (Fsp3) is 0.692. The molecule has 0 saturated heterocycles. The Balaban J connectivity index is 2.20. The molecule has 1 unspecified atom stereocenters. The second-order valence-electron chi connectivity index (χ2n) is 4.11. The highest BCUT2D eigenvalue weighted by atomic mass is 14.8. The molecule has 0 aromatic heterocycles. The Morgan fingerprint density at radius 3 is 3.21 bits per heavy atom. The molecule has 14 heavy (non-hydrogen) atoms. The van der Waals surface area contributed by atoms with Crippen molar-refractivity contribution in [3.63, 3.8) is 0 Å². The molecule has 0 bridgehead atoms. The van der Waals surface area contributed by atoms with Crippen LogP contribution in [-0.4, -0.2) is 13.1 Å². The van der Waals surface area contributed by atoms with Crippen molar-refractivity contribution in [3.8, 4) is 0 Å². The average molecular weight is 193 g/mol. The second kappa shape index (κ2) is 6.83. The summed E-state index contributed by atoms with van der Waals surface area (Å²) in [7, 11) is 0. The molecule has 1 rings (SSSR count). The third kappa shape index (κ3) is 4.10. The van der Waals surface area contributed by atoms with Gasteiger partial charge in [0.2, 0.25) is 0 Å². The van der Waals surface area contributed by atoms with Gasteiger partial charge in [-0.3, -0.25) is 0 Å². The molecule has 0 aromatic rings. The highest BCUT2D eigenvalue weighted by Gasteiger charge is 2.11. The van der Waals surface area contributed by atoms with E-state index in [9.17, 15) is 0 Å². The maximum Gasteiger partial charge on any atom is 0.0132 e. The molecule has 1 nitrogen and oxygen atoms in total. The number of rotatable bonds is 6. The van der Waals surface area contributed by atoms with Gasteiger partial charge in [0, 0.05) is 6.54 Å². The van der Waals surface area contributed by atoms with Crippen molar-refractivity contribution in [2.45, 2.75) is 39.0 Å². The Morgan fingerprint density at radius 1 is 1.64 bits per heavy atom. The van der Waals surface area contributed by atoms with Crippen LogP contribution >= 0.6 is 0 Å². The smallest absolute Gasteiger partial charge is 0.0132 e. The van der Waals surface area contributed by atoms with Crippen LogP contribution in [-0.2, 0) is 0 Å². The molecule has 0 aromatic carbocycles. The van der Waals surface area contributed by atoms with E-state index in [1.165, 1.54) is 32.1 Å². The molecule has 0 spiro atoms. The number of allylic oxidation sites excluding steroid dienone is 2. The van der Waals surface area contributed by atoms with Crippen LogP contribution in [0.4, 0.5) is 0 Å². The van der Waals surface area contributed by atoms with Crippen LogP contribution in [0.3, 0.4) is 0 Å². The molecule has 1 N–H and O–H groups in total. The van der Waals surface area contributed by atoms with Crippen LogP contribution in [0.5, 0.6) is 0 Å². The van der Waals surface area contributed by atoms with Gasteiger partial charge in [-0.05, 0) is 44.6 Å². The van der Waals surface area contributed by atoms with E-state index in [0.717, 1.165) is 19.0 Å². The van der Waals surface area contributed by atoms with E-state index >= 15 is 0 Å². The Morgan fingerprint density at radius 2 is 2.50 bits per heavy atom. The van der Waals surface area contributed by atoms with Gasteiger partial charge in [-0.1, -0.05) is 24.6 Å². The van der Waals surface area contributed by atoms with Gasteiger partial charge < -0.3 is 5.32 Å². The van der Waals surface area contributed by atoms with Gasteiger partial charge in [0.05, 0.1) is 0 Å². The number of hydrogen-bond acceptors (Lipinski definition) is 1. The largest absolute Gasteiger partial charge is 0.313 e. The first-order chi connectivity index (χ1) is 6.86. The predicted octanol–water partition coefficient (Wildman–Crippen LogP) is 3.29. The molecular formula is C13H23N. The highest BCUT2D eigenvalue weighted by Crippen LogP contribution is 2.26. The zero-order valence-corrected chi connectivity index (χ0v) is 9.39. The van der Waals surface area contributed by atoms with Crippen LogP contribution < -0.4 is 5.32 Å². The molecule has 80 valence electrons. The van der Waals surface area contributed by atoms with Crippen molar-refractivity contribution < 1.29 is 0 Å². The van der Waals surface area contributed by atoms with Crippen molar-refractivity contribution >= 4 is 0 Å². The molecule has 1 aliphatic carbocycles. The Kier molecular flexibility index (Phi) is 5.62. The van der Waals surface area contributed by atoms with E-state index in [-0.39, 0.29) is 0 Å². The molecule has 1 heteroatoms. The lowest BCUT2D eigenvalue weighted by atomic mass is 9.87. The summed E-state index contributed by atoms with van der Waals surface area (Å²) in [5, 5.41) is 3.37. The van der Waals surface area contributed by atoms with E-state index in [0.29, 0.717) is 0 Å². The average Bonchev–Trinajstić information content (AvgIpc) is 2.25. The zero-order valence-electron chi connectivity index (χ0n) is 9.39. The zero-order chi connectivity index (χ0) is 10.2. The fourth-order valence-corrected chi connectivity index (χ4v) is 2.11. The van der Waals surface area contributed by atoms with Crippen LogP contribution in [0.2, 0.25) is 0 Å². The molecule has 0 heterocycles. The van der Waals surface area contributed by atoms with Gasteiger partial charge in [-0.25, -0.2) is 0 Å². The topological polar surface area (TPSA) is 12.0 Å². The first-order valence-corrected chi connectivity index (χ1v) is 5.88. The maximum absolute atomic E-state index is 3.70. The minimum Gasteiger partial charge on any atom is -0.313 e. The summed E-state index contributed by atoms with van der Waals surface area (Å²) < 4.78 is 0. The molecule has 1 aliphatic rings. The quantitative estimate of drug-likeness (QED) is 0.504. The summed E-state index contributed by atoms with van der Waals surface area (Å²) >= 11 is 0. The molecular weight excluding hydrogens is 170 g/mol. The first kappa shape index (κ1) is 11.5. The van der Waals surface area contributed by atoms with Crippen molar-refractivity contribution in [2.75, 3.05) is 13.1 Å². The molecule has 0 saturated carbocycles. The monoisotopic (exact) mass is 193 g/mol. The van der Waals surface area contributed by atoms with Gasteiger partial charge in [-0.2, -0.15) is 0 Å². The van der Waals surface area contributed by atoms with E-state index in [1.807, 2.05) is 6.08 Å². The summed E-state index contributed by atoms with van der Waals surface area (Å²) in [5.74, 6) is 0.830. The van der Waals surface area contributed by atoms with E-state index in [1.54, 1.807) is 5.57 Å². The maximum atomic E-state index is 3.70. The normalized spacial score (nSPS) is 21.8. The van der Waals surface area contributed by atoms with Crippen molar-refractivity contribution in [1.29, 1.82) is 0 Å². The summed E-state index contributed by atoms with van der Waals surface area (Å²) in [5.41, 5.74) is 1.67. The van der Waals surface area contributed by atoms with Crippen molar-refractivity contribution in [2.24, 2.45) is 5.92 Å². The van der Waals surface area contributed by atoms with Gasteiger partial charge in [0.1, 0.15) is 0 Å². The minimum absolute atomic E-state index is 0.830. The fourth-order valence-electron chi connectivity index (χ4n) is 2.11. The van der Waals surface area contributed by atoms with Crippen LogP contribution in [0.15, 0.2) is 24.3 Å². The molecule has 1 atom stereocenters. The Bertz CT molecular complexity index is 193. The molecule has 0 radical (unpaired) electrons. The van der Waals surface area contributed by atoms with Gasteiger partial charge in [-0.15, -0.1) is 6.58 Å². The van der Waals surface area contributed by atoms with Crippen molar-refractivity contribution in [1.82, 2.24) is 5.32 Å². The summed E-state index contributed by atoms with van der Waals surface area (Å²) in [6.45, 7) is 8.03. The Hall–Kier alpha value is -0.560. The van der Waals surface area contributed by atoms with Gasteiger partial charge in [0.15, 0.2) is 0 Å². The lowest BCUT2D eigenvalue weighted by Gasteiger charge is -2.20. The van der Waals surface area contributed by atoms with Crippen LogP contribution in [0, 0.1) is 5.92 Å². The molecule has 0 aliphatic heterocycles. The molecule has 0 amide bonds. The lowest BCUT2D eigenvalue weighted by Crippen LogP contribution is -2.18. The highest BCUT2D eigenvalue weighted by molar-refractivity contribution is 5.07. The van der Waals surface area contributed by atoms with E-state index in [2.05, 4.69) is 24.9 Å². The number of hydrogen-bond donors (Lipinski definition) is 1. The summed E-state index contributed by atoms with van der Waals surface area (Å²) in [6.07, 6.45) is 11.1. The van der Waals surface area contributed by atoms with Gasteiger partial charge in [0.25, 0.3) is 0 Å². The third-order valence-electron chi connectivity index (χ3n) is 2.98. The number of nitrogens with one attached hydrogen (secondary N) is 1. The van der Waals surface area contributed by atoms with Gasteiger partial charge >= 0.3 is 0 Å². The van der Waals surface area contributed by atoms with Crippen molar-refractivity contribution in [3.05, 3.63) is 24.3 Å². The summed E-state index contributed by atoms with van der Waals surface area (Å²) in [4.78, 5) is 0. The first-order valence-electron chi connectivity index (χ1n) is 5.88. The second-order valence-corrected chi connectivity index (χ2v) is 4.11. The SMILES string of the molecule is C=CCNCCC1C=C(CC)CCC1. The minimum atomic E-state index is 0.830. The molecule has 0 fully saturated rings. The predicted molar refractivity (Wildman–Crippen MR) is 63.4 cm³/mol. The van der Waals surface area contributed by atoms with E-state index in [4.69, 9.17) is 0 Å². The van der Waals surface area contributed by atoms with Crippen LogP contribution in [0.25, 0.3) is 0 Å². The third-order valence-corrected chi connectivity index (χ3v) is 2.98. The lowest BCUT2D eigenvalue weighted by molar-refractivity contribution is 0.477. The van der Waals surface area contributed by atoms with Crippen LogP contribution in [0.1, 0.15) is 39.0 Å². The summed E-state index contributed by atoms with van der Waals surface area (Å²) in [6, 6.07) is 0. The standard InChI is InChI=1S/C13H23N/c1-3-9-14-10-8-13-7-5-6-12(4-2)11-13/h3,11,13-14H,1,4-10H2,2H3. The Labute approximate surface area is 88.3 Å². The van der Waals surface area contributed by atoms with E-state index < -0.39 is 0 Å².